The molecule has 0 bridgehead atoms. The van der Waals surface area contributed by atoms with Gasteiger partial charge in [-0.1, -0.05) is 12.1 Å². The summed E-state index contributed by atoms with van der Waals surface area (Å²) in [5.41, 5.74) is 1.05. The monoisotopic (exact) mass is 316 g/mol. The first kappa shape index (κ1) is 15.2. The van der Waals surface area contributed by atoms with Crippen LogP contribution in [0.3, 0.4) is 0 Å². The van der Waals surface area contributed by atoms with Gasteiger partial charge in [-0.25, -0.2) is 0 Å². The van der Waals surface area contributed by atoms with Crippen molar-refractivity contribution in [3.05, 3.63) is 47.0 Å². The van der Waals surface area contributed by atoms with Crippen LogP contribution < -0.4 is 9.47 Å². The Bertz CT molecular complexity index is 766. The summed E-state index contributed by atoms with van der Waals surface area (Å²) in [4.78, 5) is 12.6. The largest absolute Gasteiger partial charge is 0.508 e. The van der Waals surface area contributed by atoms with Crippen molar-refractivity contribution in [1.29, 1.82) is 0 Å². The number of carbonyl (C=O) groups is 1. The maximum atomic E-state index is 12.6. The highest BCUT2D eigenvalue weighted by molar-refractivity contribution is 6.06. The normalized spacial score (nSPS) is 19.9. The highest BCUT2D eigenvalue weighted by Crippen LogP contribution is 2.44. The molecule has 1 aliphatic heterocycles. The Morgan fingerprint density at radius 2 is 1.83 bits per heavy atom. The minimum absolute atomic E-state index is 0.0609. The average Bonchev–Trinajstić information content (AvgIpc) is 2.54. The van der Waals surface area contributed by atoms with E-state index in [-0.39, 0.29) is 28.6 Å². The Balaban J connectivity index is 2.11. The number of phenols is 2. The molecular weight excluding hydrogens is 300 g/mol. The molecule has 0 aromatic heterocycles. The van der Waals surface area contributed by atoms with Crippen molar-refractivity contribution in [2.24, 2.45) is 0 Å². The van der Waals surface area contributed by atoms with Gasteiger partial charge in [0.05, 0.1) is 7.11 Å². The molecule has 0 aliphatic carbocycles. The second-order valence-corrected chi connectivity index (χ2v) is 5.37. The zero-order valence-electron chi connectivity index (χ0n) is 12.6. The van der Waals surface area contributed by atoms with E-state index in [2.05, 4.69) is 0 Å². The maximum absolute atomic E-state index is 12.6. The van der Waals surface area contributed by atoms with Crippen LogP contribution in [0.2, 0.25) is 0 Å². The fourth-order valence-electron chi connectivity index (χ4n) is 2.70. The van der Waals surface area contributed by atoms with Crippen LogP contribution in [0.5, 0.6) is 23.0 Å². The summed E-state index contributed by atoms with van der Waals surface area (Å²) in [6.07, 6.45) is -2.34. The highest BCUT2D eigenvalue weighted by atomic mass is 16.5. The molecule has 0 saturated carbocycles. The van der Waals surface area contributed by atoms with Crippen molar-refractivity contribution in [3.8, 4) is 23.0 Å². The summed E-state index contributed by atoms with van der Waals surface area (Å²) >= 11 is 0. The number of benzene rings is 2. The number of aliphatic hydroxyl groups is 1. The number of fused-ring (bicyclic) bond motifs is 1. The third-order valence-corrected chi connectivity index (χ3v) is 3.95. The third-order valence-electron chi connectivity index (χ3n) is 3.95. The number of phenolic OH excluding ortho intramolecular Hbond substituents is 2. The predicted molar refractivity (Wildman–Crippen MR) is 81.2 cm³/mol. The van der Waals surface area contributed by atoms with E-state index in [9.17, 15) is 20.1 Å². The van der Waals surface area contributed by atoms with E-state index in [0.717, 1.165) is 0 Å². The molecule has 1 heterocycles. The lowest BCUT2D eigenvalue weighted by Gasteiger charge is -2.31. The standard InChI is InChI=1S/C17H16O6/c1-8-11(19)7-12-13(16(8)22-2)14(20)15(21)17(23-12)9-3-5-10(18)6-4-9/h3-7,15,17-19,21H,1-2H3. The molecule has 6 nitrogen and oxygen atoms in total. The van der Waals surface area contributed by atoms with Crippen LogP contribution in [0.1, 0.15) is 27.6 Å². The summed E-state index contributed by atoms with van der Waals surface area (Å²) in [6, 6.07) is 7.35. The first-order chi connectivity index (χ1) is 10.9. The Morgan fingerprint density at radius 1 is 1.17 bits per heavy atom. The summed E-state index contributed by atoms with van der Waals surface area (Å²) < 4.78 is 10.9. The maximum Gasteiger partial charge on any atom is 0.202 e. The molecule has 3 rings (SSSR count). The Morgan fingerprint density at radius 3 is 2.43 bits per heavy atom. The van der Waals surface area contributed by atoms with E-state index in [1.807, 2.05) is 0 Å². The molecule has 2 aromatic rings. The second kappa shape index (κ2) is 5.48. The van der Waals surface area contributed by atoms with E-state index in [1.165, 1.54) is 25.3 Å². The quantitative estimate of drug-likeness (QED) is 0.785. The summed E-state index contributed by atoms with van der Waals surface area (Å²) in [7, 11) is 1.38. The lowest BCUT2D eigenvalue weighted by Crippen LogP contribution is -2.36. The fourth-order valence-corrected chi connectivity index (χ4v) is 2.70. The smallest absolute Gasteiger partial charge is 0.202 e. The van der Waals surface area contributed by atoms with Crippen LogP contribution in [0, 0.1) is 6.92 Å². The van der Waals surface area contributed by atoms with E-state index < -0.39 is 18.0 Å². The number of aliphatic hydroxyl groups excluding tert-OH is 1. The lowest BCUT2D eigenvalue weighted by molar-refractivity contribution is 0.0210. The van der Waals surface area contributed by atoms with Crippen LogP contribution in [-0.4, -0.2) is 34.3 Å². The van der Waals surface area contributed by atoms with Gasteiger partial charge in [0, 0.05) is 11.6 Å². The molecule has 0 fully saturated rings. The zero-order valence-corrected chi connectivity index (χ0v) is 12.6. The number of carbonyl (C=O) groups excluding carboxylic acids is 1. The van der Waals surface area contributed by atoms with Gasteiger partial charge in [-0.2, -0.15) is 0 Å². The van der Waals surface area contributed by atoms with Crippen LogP contribution >= 0.6 is 0 Å². The minimum Gasteiger partial charge on any atom is -0.508 e. The number of hydrogen-bond acceptors (Lipinski definition) is 6. The molecular formula is C17H16O6. The van der Waals surface area contributed by atoms with Gasteiger partial charge in [0.2, 0.25) is 5.78 Å². The highest BCUT2D eigenvalue weighted by Gasteiger charge is 2.40. The van der Waals surface area contributed by atoms with Crippen molar-refractivity contribution in [1.82, 2.24) is 0 Å². The van der Waals surface area contributed by atoms with Crippen LogP contribution in [-0.2, 0) is 0 Å². The molecule has 0 spiro atoms. The number of hydrogen-bond donors (Lipinski definition) is 3. The van der Waals surface area contributed by atoms with Gasteiger partial charge < -0.3 is 24.8 Å². The molecule has 2 unspecified atom stereocenters. The Kier molecular flexibility index (Phi) is 3.61. The van der Waals surface area contributed by atoms with Crippen molar-refractivity contribution in [2.75, 3.05) is 7.11 Å². The topological polar surface area (TPSA) is 96.2 Å². The molecule has 2 atom stereocenters. The van der Waals surface area contributed by atoms with Crippen LogP contribution in [0.4, 0.5) is 0 Å². The molecule has 6 heteroatoms. The average molecular weight is 316 g/mol. The SMILES string of the molecule is COc1c(C)c(O)cc2c1C(=O)C(O)C(c1ccc(O)cc1)O2. The predicted octanol–water partition coefficient (Wildman–Crippen LogP) is 2.09. The zero-order chi connectivity index (χ0) is 16.7. The second-order valence-electron chi connectivity index (χ2n) is 5.37. The molecule has 0 saturated heterocycles. The molecule has 3 N–H and O–H groups in total. The molecule has 0 amide bonds. The van der Waals surface area contributed by atoms with Gasteiger partial charge in [0.1, 0.15) is 28.6 Å². The number of aromatic hydroxyl groups is 2. The van der Waals surface area contributed by atoms with Gasteiger partial charge in [-0.15, -0.1) is 0 Å². The summed E-state index contributed by atoms with van der Waals surface area (Å²) in [6.45, 7) is 1.61. The summed E-state index contributed by atoms with van der Waals surface area (Å²) in [5, 5.41) is 29.6. The molecule has 23 heavy (non-hydrogen) atoms. The number of ether oxygens (including phenoxy) is 2. The molecule has 1 aliphatic rings. The van der Waals surface area contributed by atoms with E-state index >= 15 is 0 Å². The van der Waals surface area contributed by atoms with Crippen LogP contribution in [0.15, 0.2) is 30.3 Å². The number of ketones is 1. The molecule has 0 radical (unpaired) electrons. The first-order valence-electron chi connectivity index (χ1n) is 7.02. The van der Waals surface area contributed by atoms with Crippen molar-refractivity contribution >= 4 is 5.78 Å². The lowest BCUT2D eigenvalue weighted by atomic mass is 9.91. The first-order valence-corrected chi connectivity index (χ1v) is 7.02. The fraction of sp³-hybridized carbons (Fsp3) is 0.235. The number of Topliss-reactive ketones (excluding diaryl/α,β-unsaturated/α-hetero) is 1. The number of rotatable bonds is 2. The van der Waals surface area contributed by atoms with Crippen molar-refractivity contribution < 1.29 is 29.6 Å². The van der Waals surface area contributed by atoms with E-state index in [0.29, 0.717) is 11.1 Å². The van der Waals surface area contributed by atoms with Crippen molar-refractivity contribution in [3.63, 3.8) is 0 Å². The van der Waals surface area contributed by atoms with Crippen LogP contribution in [0.25, 0.3) is 0 Å². The van der Waals surface area contributed by atoms with E-state index in [1.54, 1.807) is 19.1 Å². The number of methoxy groups -OCH3 is 1. The Labute approximate surface area is 132 Å². The molecule has 120 valence electrons. The summed E-state index contributed by atoms with van der Waals surface area (Å²) in [5.74, 6) is -0.189. The van der Waals surface area contributed by atoms with Gasteiger partial charge >= 0.3 is 0 Å². The van der Waals surface area contributed by atoms with E-state index in [4.69, 9.17) is 9.47 Å². The van der Waals surface area contributed by atoms with Gasteiger partial charge in [0.25, 0.3) is 0 Å². The van der Waals surface area contributed by atoms with Gasteiger partial charge in [0.15, 0.2) is 12.2 Å². The van der Waals surface area contributed by atoms with Gasteiger partial charge in [-0.05, 0) is 24.6 Å². The third kappa shape index (κ3) is 2.37. The minimum atomic E-state index is -1.41. The van der Waals surface area contributed by atoms with Gasteiger partial charge in [-0.3, -0.25) is 4.79 Å². The molecule has 2 aromatic carbocycles. The van der Waals surface area contributed by atoms with Crippen molar-refractivity contribution in [2.45, 2.75) is 19.1 Å². The Hall–Kier alpha value is -2.73.